The van der Waals surface area contributed by atoms with Crippen molar-refractivity contribution in [2.45, 2.75) is 29.6 Å². The maximum absolute atomic E-state index is 13.2. The van der Waals surface area contributed by atoms with E-state index < -0.39 is 9.84 Å². The molecule has 0 unspecified atom stereocenters. The number of para-hydroxylation sites is 2. The predicted octanol–water partition coefficient (Wildman–Crippen LogP) is 4.94. The molecule has 0 amide bonds. The Hall–Kier alpha value is -2.79. The molecule has 0 aliphatic carbocycles. The number of aryl methyl sites for hydroxylation is 1. The summed E-state index contributed by atoms with van der Waals surface area (Å²) in [4.78, 5) is 2.68. The maximum atomic E-state index is 13.2. The second kappa shape index (κ2) is 5.86. The number of benzene rings is 3. The molecular formula is C22H19NO3S. The van der Waals surface area contributed by atoms with Gasteiger partial charge in [0.15, 0.2) is 0 Å². The number of hydrogen-bond donors (Lipinski definition) is 0. The van der Waals surface area contributed by atoms with Crippen LogP contribution >= 0.6 is 0 Å². The minimum Gasteiger partial charge on any atom is -0.491 e. The minimum absolute atomic E-state index is 0.328. The highest BCUT2D eigenvalue weighted by molar-refractivity contribution is 7.92. The summed E-state index contributed by atoms with van der Waals surface area (Å²) < 4.78 is 32.4. The first-order valence-electron chi connectivity index (χ1n) is 9.07. The first-order valence-corrected chi connectivity index (χ1v) is 10.6. The van der Waals surface area contributed by atoms with Crippen LogP contribution in [-0.4, -0.2) is 15.0 Å². The number of anilines is 3. The molecule has 3 aromatic rings. The van der Waals surface area contributed by atoms with Gasteiger partial charge < -0.3 is 9.64 Å². The molecule has 0 N–H and O–H groups in total. The number of fused-ring (bicyclic) bond motifs is 3. The van der Waals surface area contributed by atoms with Crippen LogP contribution in [-0.2, 0) is 16.3 Å². The molecule has 0 spiro atoms. The van der Waals surface area contributed by atoms with Gasteiger partial charge >= 0.3 is 0 Å². The van der Waals surface area contributed by atoms with Crippen LogP contribution in [0, 0.1) is 6.92 Å². The van der Waals surface area contributed by atoms with Crippen molar-refractivity contribution in [1.29, 1.82) is 0 Å². The van der Waals surface area contributed by atoms with Crippen LogP contribution in [0.15, 0.2) is 70.5 Å². The molecule has 0 saturated carbocycles. The summed E-state index contributed by atoms with van der Waals surface area (Å²) >= 11 is 0. The smallest absolute Gasteiger partial charge is 0.210 e. The summed E-state index contributed by atoms with van der Waals surface area (Å²) in [6, 6.07) is 18.5. The molecule has 2 aliphatic heterocycles. The Labute approximate surface area is 158 Å². The Morgan fingerprint density at radius 1 is 0.852 bits per heavy atom. The number of sulfone groups is 1. The van der Waals surface area contributed by atoms with Crippen LogP contribution < -0.4 is 9.64 Å². The molecule has 2 heterocycles. The van der Waals surface area contributed by atoms with Crippen LogP contribution in [0.25, 0.3) is 0 Å². The second-order valence-corrected chi connectivity index (χ2v) is 8.82. The van der Waals surface area contributed by atoms with Crippen molar-refractivity contribution >= 4 is 26.9 Å². The summed E-state index contributed by atoms with van der Waals surface area (Å²) in [6.07, 6.45) is 1.98. The zero-order chi connectivity index (χ0) is 18.6. The Morgan fingerprint density at radius 3 is 2.15 bits per heavy atom. The second-order valence-electron chi connectivity index (χ2n) is 6.94. The molecule has 3 aromatic carbocycles. The predicted molar refractivity (Wildman–Crippen MR) is 105 cm³/mol. The summed E-state index contributed by atoms with van der Waals surface area (Å²) in [5.41, 5.74) is 4.64. The normalized spacial score (nSPS) is 16.7. The zero-order valence-electron chi connectivity index (χ0n) is 15.0. The number of rotatable bonds is 1. The van der Waals surface area contributed by atoms with Gasteiger partial charge in [0.25, 0.3) is 0 Å². The molecule has 0 atom stereocenters. The van der Waals surface area contributed by atoms with E-state index in [0.29, 0.717) is 27.8 Å². The van der Waals surface area contributed by atoms with E-state index in [4.69, 9.17) is 4.74 Å². The van der Waals surface area contributed by atoms with Gasteiger partial charge in [-0.05, 0) is 61.2 Å². The van der Waals surface area contributed by atoms with Crippen molar-refractivity contribution in [3.05, 3.63) is 71.8 Å². The van der Waals surface area contributed by atoms with Crippen molar-refractivity contribution in [2.75, 3.05) is 11.5 Å². The Morgan fingerprint density at radius 2 is 1.48 bits per heavy atom. The van der Waals surface area contributed by atoms with E-state index in [1.807, 2.05) is 35.2 Å². The van der Waals surface area contributed by atoms with Crippen LogP contribution in [0.1, 0.15) is 17.5 Å². The molecule has 5 rings (SSSR count). The van der Waals surface area contributed by atoms with E-state index in [0.717, 1.165) is 24.3 Å². The van der Waals surface area contributed by atoms with Crippen LogP contribution in [0.2, 0.25) is 0 Å². The molecular weight excluding hydrogens is 358 g/mol. The highest BCUT2D eigenvalue weighted by atomic mass is 32.2. The molecule has 4 nitrogen and oxygen atoms in total. The number of nitrogens with zero attached hydrogens (tertiary/aromatic N) is 1. The fourth-order valence-corrected chi connectivity index (χ4v) is 5.65. The summed E-state index contributed by atoms with van der Waals surface area (Å²) in [6.45, 7) is 2.78. The molecule has 0 radical (unpaired) electrons. The van der Waals surface area contributed by atoms with Crippen molar-refractivity contribution in [2.24, 2.45) is 0 Å². The molecule has 136 valence electrons. The van der Waals surface area contributed by atoms with E-state index in [9.17, 15) is 8.42 Å². The Bertz CT molecular complexity index is 1110. The molecule has 27 heavy (non-hydrogen) atoms. The lowest BCUT2D eigenvalue weighted by atomic mass is 9.98. The lowest BCUT2D eigenvalue weighted by Gasteiger charge is -2.35. The average Bonchev–Trinajstić information content (AvgIpc) is 2.70. The third-order valence-corrected chi connectivity index (χ3v) is 7.17. The van der Waals surface area contributed by atoms with Gasteiger partial charge in [-0.15, -0.1) is 0 Å². The summed E-state index contributed by atoms with van der Waals surface area (Å²) in [7, 11) is -3.55. The lowest BCUT2D eigenvalue weighted by molar-refractivity contribution is 0.289. The minimum atomic E-state index is -3.55. The van der Waals surface area contributed by atoms with Gasteiger partial charge in [-0.3, -0.25) is 0 Å². The molecule has 2 aliphatic rings. The van der Waals surface area contributed by atoms with Gasteiger partial charge in [-0.2, -0.15) is 0 Å². The third-order valence-electron chi connectivity index (χ3n) is 5.32. The van der Waals surface area contributed by atoms with Crippen LogP contribution in [0.5, 0.6) is 5.75 Å². The van der Waals surface area contributed by atoms with Gasteiger partial charge in [0.1, 0.15) is 5.75 Å². The zero-order valence-corrected chi connectivity index (χ0v) is 15.8. The van der Waals surface area contributed by atoms with E-state index in [1.165, 1.54) is 11.1 Å². The first-order chi connectivity index (χ1) is 13.1. The van der Waals surface area contributed by atoms with Crippen molar-refractivity contribution in [3.63, 3.8) is 0 Å². The van der Waals surface area contributed by atoms with Crippen LogP contribution in [0.4, 0.5) is 17.1 Å². The van der Waals surface area contributed by atoms with E-state index in [-0.39, 0.29) is 0 Å². The van der Waals surface area contributed by atoms with E-state index >= 15 is 0 Å². The van der Waals surface area contributed by atoms with Gasteiger partial charge in [0, 0.05) is 0 Å². The average molecular weight is 377 g/mol. The van der Waals surface area contributed by atoms with E-state index in [1.54, 1.807) is 24.3 Å². The summed E-state index contributed by atoms with van der Waals surface area (Å²) in [5.74, 6) is 0.866. The molecule has 0 fully saturated rings. The monoisotopic (exact) mass is 377 g/mol. The van der Waals surface area contributed by atoms with Crippen LogP contribution in [0.3, 0.4) is 0 Å². The Balaban J connectivity index is 1.85. The lowest BCUT2D eigenvalue weighted by Crippen LogP contribution is -2.23. The molecule has 0 saturated heterocycles. The third kappa shape index (κ3) is 2.31. The molecule has 0 bridgehead atoms. The fourth-order valence-electron chi connectivity index (χ4n) is 4.03. The van der Waals surface area contributed by atoms with Gasteiger partial charge in [-0.1, -0.05) is 30.3 Å². The topological polar surface area (TPSA) is 46.6 Å². The van der Waals surface area contributed by atoms with Crippen molar-refractivity contribution in [1.82, 2.24) is 0 Å². The number of ether oxygens (including phenoxy) is 1. The standard InChI is InChI=1S/C22H19NO3S/c1-15-12-13-19(22-16(15)7-6-14-26-22)23-17-8-2-4-10-20(17)27(24,25)21-11-5-3-9-18(21)23/h2-5,8-13H,6-7,14H2,1H3. The van der Waals surface area contributed by atoms with Gasteiger partial charge in [0.05, 0.1) is 33.5 Å². The maximum Gasteiger partial charge on any atom is 0.210 e. The quantitative estimate of drug-likeness (QED) is 0.472. The van der Waals surface area contributed by atoms with Gasteiger partial charge in [0.2, 0.25) is 9.84 Å². The first kappa shape index (κ1) is 16.4. The highest BCUT2D eigenvalue weighted by Crippen LogP contribution is 2.51. The fraction of sp³-hybridized carbons (Fsp3) is 0.182. The molecule has 5 heteroatoms. The van der Waals surface area contributed by atoms with Crippen molar-refractivity contribution < 1.29 is 13.2 Å². The van der Waals surface area contributed by atoms with Gasteiger partial charge in [-0.25, -0.2) is 8.42 Å². The summed E-state index contributed by atoms with van der Waals surface area (Å²) in [5, 5.41) is 0. The highest BCUT2D eigenvalue weighted by Gasteiger charge is 2.36. The SMILES string of the molecule is Cc1ccc(N2c3ccccc3S(=O)(=O)c3ccccc32)c2c1CCCO2. The number of hydrogen-bond acceptors (Lipinski definition) is 4. The Kier molecular flexibility index (Phi) is 3.56. The van der Waals surface area contributed by atoms with Crippen molar-refractivity contribution in [3.8, 4) is 5.75 Å². The largest absolute Gasteiger partial charge is 0.491 e. The van der Waals surface area contributed by atoms with E-state index in [2.05, 4.69) is 13.0 Å². The molecule has 0 aromatic heterocycles.